The van der Waals surface area contributed by atoms with Crippen molar-refractivity contribution in [3.63, 3.8) is 0 Å². The van der Waals surface area contributed by atoms with Crippen molar-refractivity contribution in [2.75, 3.05) is 13.6 Å². The third-order valence-electron chi connectivity index (χ3n) is 4.20. The molecule has 0 aromatic rings. The quantitative estimate of drug-likeness (QED) is 0.716. The van der Waals surface area contributed by atoms with Gasteiger partial charge in [0.1, 0.15) is 0 Å². The van der Waals surface area contributed by atoms with E-state index in [0.29, 0.717) is 0 Å². The van der Waals surface area contributed by atoms with E-state index in [9.17, 15) is 0 Å². The summed E-state index contributed by atoms with van der Waals surface area (Å²) in [5, 5.41) is 2.29. The summed E-state index contributed by atoms with van der Waals surface area (Å²) in [4.78, 5) is 0. The van der Waals surface area contributed by atoms with Crippen LogP contribution in [0.4, 0.5) is 0 Å². The standard InChI is InChI=1S/C13H26N2/c1-11-10-15(2)14-13(11)12-8-6-4-3-5-7-9-12/h11-14H,3-10H2,1-2H3. The summed E-state index contributed by atoms with van der Waals surface area (Å²) in [7, 11) is 2.18. The van der Waals surface area contributed by atoms with Gasteiger partial charge in [0, 0.05) is 19.6 Å². The van der Waals surface area contributed by atoms with Crippen LogP contribution in [0.5, 0.6) is 0 Å². The summed E-state index contributed by atoms with van der Waals surface area (Å²) >= 11 is 0. The third-order valence-corrected chi connectivity index (χ3v) is 4.20. The van der Waals surface area contributed by atoms with Crippen LogP contribution in [0.3, 0.4) is 0 Å². The second-order valence-electron chi connectivity index (χ2n) is 5.62. The van der Waals surface area contributed by atoms with Gasteiger partial charge in [-0.2, -0.15) is 0 Å². The van der Waals surface area contributed by atoms with Crippen LogP contribution in [-0.4, -0.2) is 24.6 Å². The monoisotopic (exact) mass is 210 g/mol. The van der Waals surface area contributed by atoms with E-state index in [2.05, 4.69) is 24.4 Å². The zero-order chi connectivity index (χ0) is 10.7. The molecule has 2 rings (SSSR count). The smallest absolute Gasteiger partial charge is 0.0281 e. The van der Waals surface area contributed by atoms with Crippen LogP contribution in [0.15, 0.2) is 0 Å². The summed E-state index contributed by atoms with van der Waals surface area (Å²) in [6, 6.07) is 0.758. The zero-order valence-electron chi connectivity index (χ0n) is 10.3. The molecular weight excluding hydrogens is 184 g/mol. The molecule has 1 aliphatic carbocycles. The predicted octanol–water partition coefficient (Wildman–Crippen LogP) is 2.80. The van der Waals surface area contributed by atoms with Gasteiger partial charge in [-0.1, -0.05) is 39.0 Å². The summed E-state index contributed by atoms with van der Waals surface area (Å²) in [6.07, 6.45) is 10.2. The Morgan fingerprint density at radius 1 is 1.00 bits per heavy atom. The van der Waals surface area contributed by atoms with Gasteiger partial charge >= 0.3 is 0 Å². The van der Waals surface area contributed by atoms with Gasteiger partial charge in [-0.15, -0.1) is 0 Å². The Hall–Kier alpha value is -0.0800. The van der Waals surface area contributed by atoms with E-state index >= 15 is 0 Å². The maximum absolute atomic E-state index is 3.65. The number of rotatable bonds is 1. The minimum absolute atomic E-state index is 0.758. The van der Waals surface area contributed by atoms with Crippen LogP contribution in [-0.2, 0) is 0 Å². The molecule has 1 N–H and O–H groups in total. The van der Waals surface area contributed by atoms with Crippen LogP contribution in [0.1, 0.15) is 51.9 Å². The number of hydrazine groups is 1. The molecule has 1 aliphatic heterocycles. The lowest BCUT2D eigenvalue weighted by Crippen LogP contribution is -2.38. The average molecular weight is 210 g/mol. The van der Waals surface area contributed by atoms with Gasteiger partial charge < -0.3 is 0 Å². The fraction of sp³-hybridized carbons (Fsp3) is 1.00. The van der Waals surface area contributed by atoms with Crippen molar-refractivity contribution in [2.24, 2.45) is 11.8 Å². The van der Waals surface area contributed by atoms with E-state index in [1.807, 2.05) is 0 Å². The molecule has 1 saturated heterocycles. The number of nitrogens with one attached hydrogen (secondary N) is 1. The summed E-state index contributed by atoms with van der Waals surface area (Å²) in [5.74, 6) is 1.77. The van der Waals surface area contributed by atoms with E-state index in [1.165, 1.54) is 51.5 Å². The topological polar surface area (TPSA) is 15.3 Å². The molecular formula is C13H26N2. The van der Waals surface area contributed by atoms with Crippen molar-refractivity contribution < 1.29 is 0 Å². The van der Waals surface area contributed by atoms with E-state index < -0.39 is 0 Å². The highest BCUT2D eigenvalue weighted by molar-refractivity contribution is 4.86. The maximum atomic E-state index is 3.65. The minimum Gasteiger partial charge on any atom is -0.252 e. The van der Waals surface area contributed by atoms with E-state index in [1.54, 1.807) is 0 Å². The molecule has 2 atom stereocenters. The Bertz CT molecular complexity index is 185. The van der Waals surface area contributed by atoms with Crippen molar-refractivity contribution in [1.82, 2.24) is 10.4 Å². The van der Waals surface area contributed by atoms with Crippen LogP contribution >= 0.6 is 0 Å². The first-order valence-electron chi connectivity index (χ1n) is 6.74. The van der Waals surface area contributed by atoms with E-state index in [4.69, 9.17) is 0 Å². The fourth-order valence-corrected chi connectivity index (χ4v) is 3.40. The normalized spacial score (nSPS) is 36.4. The molecule has 0 amide bonds. The van der Waals surface area contributed by atoms with Crippen molar-refractivity contribution >= 4 is 0 Å². The molecule has 2 aliphatic rings. The molecule has 0 aromatic heterocycles. The van der Waals surface area contributed by atoms with Gasteiger partial charge in [0.2, 0.25) is 0 Å². The van der Waals surface area contributed by atoms with Crippen molar-refractivity contribution in [2.45, 2.75) is 57.9 Å². The molecule has 2 fully saturated rings. The SMILES string of the molecule is CC1CN(C)NC1C1CCCCCCC1. The molecule has 2 unspecified atom stereocenters. The van der Waals surface area contributed by atoms with Gasteiger partial charge in [-0.3, -0.25) is 5.43 Å². The third kappa shape index (κ3) is 2.94. The van der Waals surface area contributed by atoms with Gasteiger partial charge in [-0.05, 0) is 24.7 Å². The molecule has 0 aromatic carbocycles. The molecule has 2 nitrogen and oxygen atoms in total. The van der Waals surface area contributed by atoms with Crippen molar-refractivity contribution in [3.05, 3.63) is 0 Å². The molecule has 0 bridgehead atoms. The predicted molar refractivity (Wildman–Crippen MR) is 64.5 cm³/mol. The van der Waals surface area contributed by atoms with Crippen LogP contribution < -0.4 is 5.43 Å². The lowest BCUT2D eigenvalue weighted by Gasteiger charge is -2.28. The Morgan fingerprint density at radius 2 is 1.60 bits per heavy atom. The first-order chi connectivity index (χ1) is 7.27. The van der Waals surface area contributed by atoms with Gasteiger partial charge in [0.25, 0.3) is 0 Å². The Labute approximate surface area is 94.4 Å². The maximum Gasteiger partial charge on any atom is 0.0281 e. The van der Waals surface area contributed by atoms with E-state index in [-0.39, 0.29) is 0 Å². The van der Waals surface area contributed by atoms with Gasteiger partial charge in [0.15, 0.2) is 0 Å². The molecule has 1 heterocycles. The zero-order valence-corrected chi connectivity index (χ0v) is 10.3. The average Bonchev–Trinajstić information content (AvgIpc) is 2.45. The number of hydrogen-bond donors (Lipinski definition) is 1. The largest absolute Gasteiger partial charge is 0.252 e. The Kier molecular flexibility index (Phi) is 4.04. The highest BCUT2D eigenvalue weighted by Gasteiger charge is 2.32. The molecule has 0 spiro atoms. The highest BCUT2D eigenvalue weighted by atomic mass is 15.5. The molecule has 2 heteroatoms. The first kappa shape index (κ1) is 11.4. The van der Waals surface area contributed by atoms with Crippen molar-refractivity contribution in [3.8, 4) is 0 Å². The van der Waals surface area contributed by atoms with Crippen LogP contribution in [0, 0.1) is 11.8 Å². The molecule has 88 valence electrons. The number of nitrogens with zero attached hydrogens (tertiary/aromatic N) is 1. The summed E-state index contributed by atoms with van der Waals surface area (Å²) in [5.41, 5.74) is 3.65. The Balaban J connectivity index is 1.89. The molecule has 0 radical (unpaired) electrons. The summed E-state index contributed by atoms with van der Waals surface area (Å²) < 4.78 is 0. The molecule has 1 saturated carbocycles. The lowest BCUT2D eigenvalue weighted by molar-refractivity contribution is 0.225. The van der Waals surface area contributed by atoms with Crippen molar-refractivity contribution in [1.29, 1.82) is 0 Å². The fourth-order valence-electron chi connectivity index (χ4n) is 3.40. The Morgan fingerprint density at radius 3 is 2.13 bits per heavy atom. The lowest BCUT2D eigenvalue weighted by atomic mass is 9.82. The van der Waals surface area contributed by atoms with E-state index in [0.717, 1.165) is 17.9 Å². The second-order valence-corrected chi connectivity index (χ2v) is 5.62. The molecule has 15 heavy (non-hydrogen) atoms. The van der Waals surface area contributed by atoms with Gasteiger partial charge in [-0.25, -0.2) is 5.01 Å². The highest BCUT2D eigenvalue weighted by Crippen LogP contribution is 2.30. The number of hydrogen-bond acceptors (Lipinski definition) is 2. The van der Waals surface area contributed by atoms with Gasteiger partial charge in [0.05, 0.1) is 0 Å². The van der Waals surface area contributed by atoms with Crippen LogP contribution in [0.25, 0.3) is 0 Å². The summed E-state index contributed by atoms with van der Waals surface area (Å²) in [6.45, 7) is 3.63. The first-order valence-corrected chi connectivity index (χ1v) is 6.74. The van der Waals surface area contributed by atoms with Crippen LogP contribution in [0.2, 0.25) is 0 Å². The minimum atomic E-state index is 0.758. The second kappa shape index (κ2) is 5.31.